The van der Waals surface area contributed by atoms with Gasteiger partial charge >= 0.3 is 6.01 Å². The molecular weight excluding hydrogens is 282 g/mol. The highest BCUT2D eigenvalue weighted by Gasteiger charge is 2.08. The van der Waals surface area contributed by atoms with Gasteiger partial charge in [0.1, 0.15) is 16.4 Å². The van der Waals surface area contributed by atoms with E-state index in [0.717, 1.165) is 11.3 Å². The van der Waals surface area contributed by atoms with Gasteiger partial charge < -0.3 is 10.5 Å². The van der Waals surface area contributed by atoms with Crippen molar-refractivity contribution in [3.8, 4) is 11.8 Å². The van der Waals surface area contributed by atoms with E-state index in [1.54, 1.807) is 24.3 Å². The number of hydrogen-bond acceptors (Lipinski definition) is 4. The number of benzene rings is 1. The van der Waals surface area contributed by atoms with E-state index in [-0.39, 0.29) is 11.0 Å². The summed E-state index contributed by atoms with van der Waals surface area (Å²) in [4.78, 5) is 8.56. The minimum absolute atomic E-state index is 0.211. The van der Waals surface area contributed by atoms with Crippen LogP contribution in [0.1, 0.15) is 17.0 Å². The minimum Gasteiger partial charge on any atom is -0.424 e. The Morgan fingerprint density at radius 3 is 2.63 bits per heavy atom. The van der Waals surface area contributed by atoms with Crippen molar-refractivity contribution in [2.45, 2.75) is 13.8 Å². The fourth-order valence-corrected chi connectivity index (χ4v) is 1.87. The van der Waals surface area contributed by atoms with Crippen molar-refractivity contribution < 1.29 is 4.74 Å². The fraction of sp³-hybridized carbons (Fsp3) is 0.154. The number of aryl methyl sites for hydroxylation is 2. The number of thiocarbonyl (C=S) groups is 1. The van der Waals surface area contributed by atoms with Crippen LogP contribution < -0.4 is 10.5 Å². The molecule has 0 saturated heterocycles. The molecule has 19 heavy (non-hydrogen) atoms. The van der Waals surface area contributed by atoms with Gasteiger partial charge in [0.2, 0.25) is 0 Å². The molecule has 0 aliphatic heterocycles. The lowest BCUT2D eigenvalue weighted by molar-refractivity contribution is 0.437. The fourth-order valence-electron chi connectivity index (χ4n) is 1.54. The summed E-state index contributed by atoms with van der Waals surface area (Å²) in [5.41, 5.74) is 7.69. The monoisotopic (exact) mass is 293 g/mol. The molecule has 0 amide bonds. The van der Waals surface area contributed by atoms with Crippen LogP contribution in [0.2, 0.25) is 5.02 Å². The van der Waals surface area contributed by atoms with Crippen molar-refractivity contribution in [1.29, 1.82) is 0 Å². The lowest BCUT2D eigenvalue weighted by Crippen LogP contribution is -2.13. The van der Waals surface area contributed by atoms with Crippen LogP contribution in [0.25, 0.3) is 0 Å². The number of rotatable bonds is 3. The topological polar surface area (TPSA) is 61.0 Å². The standard InChI is InChI=1S/C13H12ClN3OS/c1-7-5-9(14)3-4-11(7)18-13-16-8(2)6-10(17-13)12(15)19/h3-6H,1-2H3,(H2,15,19). The average molecular weight is 294 g/mol. The Morgan fingerprint density at radius 1 is 1.26 bits per heavy atom. The lowest BCUT2D eigenvalue weighted by Gasteiger charge is -2.09. The molecule has 0 unspecified atom stereocenters. The molecule has 98 valence electrons. The highest BCUT2D eigenvalue weighted by Crippen LogP contribution is 2.25. The number of aromatic nitrogens is 2. The second kappa shape index (κ2) is 5.50. The Balaban J connectivity index is 2.35. The molecule has 6 heteroatoms. The predicted octanol–water partition coefficient (Wildman–Crippen LogP) is 3.17. The summed E-state index contributed by atoms with van der Waals surface area (Å²) in [5.74, 6) is 0.642. The lowest BCUT2D eigenvalue weighted by atomic mass is 10.2. The van der Waals surface area contributed by atoms with E-state index in [1.807, 2.05) is 13.8 Å². The SMILES string of the molecule is Cc1cc(C(N)=S)nc(Oc2ccc(Cl)cc2C)n1. The molecule has 2 aromatic rings. The highest BCUT2D eigenvalue weighted by molar-refractivity contribution is 7.80. The van der Waals surface area contributed by atoms with Gasteiger partial charge in [-0.15, -0.1) is 0 Å². The number of nitrogens with two attached hydrogens (primary N) is 1. The molecule has 1 aromatic carbocycles. The van der Waals surface area contributed by atoms with Crippen LogP contribution in [0.15, 0.2) is 24.3 Å². The van der Waals surface area contributed by atoms with Gasteiger partial charge in [-0.2, -0.15) is 4.98 Å². The van der Waals surface area contributed by atoms with E-state index in [0.29, 0.717) is 16.5 Å². The smallest absolute Gasteiger partial charge is 0.322 e. The van der Waals surface area contributed by atoms with Crippen LogP contribution in [0.4, 0.5) is 0 Å². The first-order valence-corrected chi connectivity index (χ1v) is 6.34. The maximum Gasteiger partial charge on any atom is 0.322 e. The van der Waals surface area contributed by atoms with Crippen molar-refractivity contribution in [3.05, 3.63) is 46.2 Å². The summed E-state index contributed by atoms with van der Waals surface area (Å²) >= 11 is 10.8. The van der Waals surface area contributed by atoms with Crippen LogP contribution in [-0.4, -0.2) is 15.0 Å². The molecule has 1 aromatic heterocycles. The van der Waals surface area contributed by atoms with Gasteiger partial charge in [0, 0.05) is 10.7 Å². The van der Waals surface area contributed by atoms with E-state index >= 15 is 0 Å². The Bertz CT molecular complexity index is 646. The van der Waals surface area contributed by atoms with E-state index < -0.39 is 0 Å². The summed E-state index contributed by atoms with van der Waals surface area (Å²) in [6.45, 7) is 3.72. The molecular formula is C13H12ClN3OS. The third kappa shape index (κ3) is 3.39. The molecule has 0 saturated carbocycles. The molecule has 0 aliphatic carbocycles. The second-order valence-electron chi connectivity index (χ2n) is 4.05. The van der Waals surface area contributed by atoms with Gasteiger partial charge in [-0.25, -0.2) is 4.98 Å². The quantitative estimate of drug-likeness (QED) is 0.881. The van der Waals surface area contributed by atoms with Crippen LogP contribution in [-0.2, 0) is 0 Å². The molecule has 4 nitrogen and oxygen atoms in total. The van der Waals surface area contributed by atoms with Gasteiger partial charge in [-0.3, -0.25) is 0 Å². The first kappa shape index (κ1) is 13.7. The zero-order valence-corrected chi connectivity index (χ0v) is 12.0. The molecule has 0 fully saturated rings. The first-order valence-electron chi connectivity index (χ1n) is 5.55. The molecule has 0 aliphatic rings. The molecule has 0 atom stereocenters. The summed E-state index contributed by atoms with van der Waals surface area (Å²) in [6.07, 6.45) is 0. The van der Waals surface area contributed by atoms with Crippen molar-refractivity contribution in [3.63, 3.8) is 0 Å². The Hall–Kier alpha value is -1.72. The van der Waals surface area contributed by atoms with Crippen LogP contribution in [0.3, 0.4) is 0 Å². The zero-order chi connectivity index (χ0) is 14.0. The van der Waals surface area contributed by atoms with Crippen molar-refractivity contribution >= 4 is 28.8 Å². The van der Waals surface area contributed by atoms with Gasteiger partial charge in [-0.1, -0.05) is 23.8 Å². The van der Waals surface area contributed by atoms with Crippen molar-refractivity contribution in [2.24, 2.45) is 5.73 Å². The average Bonchev–Trinajstić information content (AvgIpc) is 2.32. The Labute approximate surface area is 121 Å². The highest BCUT2D eigenvalue weighted by atomic mass is 35.5. The van der Waals surface area contributed by atoms with E-state index in [9.17, 15) is 0 Å². The number of ether oxygens (including phenoxy) is 1. The van der Waals surface area contributed by atoms with Crippen LogP contribution in [0, 0.1) is 13.8 Å². The van der Waals surface area contributed by atoms with Crippen LogP contribution in [0.5, 0.6) is 11.8 Å². The normalized spacial score (nSPS) is 10.3. The largest absolute Gasteiger partial charge is 0.424 e. The van der Waals surface area contributed by atoms with E-state index in [2.05, 4.69) is 9.97 Å². The third-order valence-corrected chi connectivity index (χ3v) is 2.87. The van der Waals surface area contributed by atoms with E-state index in [1.165, 1.54) is 0 Å². The zero-order valence-electron chi connectivity index (χ0n) is 10.5. The van der Waals surface area contributed by atoms with Gasteiger partial charge in [0.05, 0.1) is 0 Å². The molecule has 2 rings (SSSR count). The van der Waals surface area contributed by atoms with Gasteiger partial charge in [0.15, 0.2) is 0 Å². The number of hydrogen-bond donors (Lipinski definition) is 1. The third-order valence-electron chi connectivity index (χ3n) is 2.42. The minimum atomic E-state index is 0.211. The maximum absolute atomic E-state index is 5.89. The Morgan fingerprint density at radius 2 is 2.00 bits per heavy atom. The molecule has 1 heterocycles. The summed E-state index contributed by atoms with van der Waals surface area (Å²) in [6, 6.07) is 7.25. The summed E-state index contributed by atoms with van der Waals surface area (Å²) in [7, 11) is 0. The number of nitrogens with zero attached hydrogens (tertiary/aromatic N) is 2. The van der Waals surface area contributed by atoms with Crippen LogP contribution >= 0.6 is 23.8 Å². The van der Waals surface area contributed by atoms with Crippen molar-refractivity contribution in [2.75, 3.05) is 0 Å². The van der Waals surface area contributed by atoms with E-state index in [4.69, 9.17) is 34.3 Å². The molecule has 2 N–H and O–H groups in total. The molecule has 0 radical (unpaired) electrons. The van der Waals surface area contributed by atoms with Gasteiger partial charge in [0.25, 0.3) is 0 Å². The molecule has 0 spiro atoms. The van der Waals surface area contributed by atoms with Gasteiger partial charge in [-0.05, 0) is 43.7 Å². The predicted molar refractivity (Wildman–Crippen MR) is 78.9 cm³/mol. The summed E-state index contributed by atoms with van der Waals surface area (Å²) in [5, 5.41) is 0.652. The maximum atomic E-state index is 5.89. The first-order chi connectivity index (χ1) is 8.95. The Kier molecular flexibility index (Phi) is 3.97. The number of halogens is 1. The molecule has 0 bridgehead atoms. The summed E-state index contributed by atoms with van der Waals surface area (Å²) < 4.78 is 5.64. The van der Waals surface area contributed by atoms with Crippen molar-refractivity contribution in [1.82, 2.24) is 9.97 Å². The second-order valence-corrected chi connectivity index (χ2v) is 4.93.